The SMILES string of the molecule is CCCCCCCCCC/C=C\CCCCCCCCCCCCCC(=O)NC(COP(=O)(O)OCCN)C(O)/C=C/CC/C=C/CC/C=C/CCCCCCCCCC. The number of aliphatic hydroxyl groups is 1. The van der Waals surface area contributed by atoms with E-state index in [0.29, 0.717) is 6.42 Å². The molecule has 0 aliphatic rings. The van der Waals surface area contributed by atoms with Crippen LogP contribution in [0, 0.1) is 0 Å². The molecule has 9 heteroatoms. The summed E-state index contributed by atoms with van der Waals surface area (Å²) in [7, 11) is -4.36. The largest absolute Gasteiger partial charge is 0.472 e. The van der Waals surface area contributed by atoms with Crippen molar-refractivity contribution >= 4 is 13.7 Å². The fourth-order valence-electron chi connectivity index (χ4n) is 7.28. The Labute approximate surface area is 371 Å². The van der Waals surface area contributed by atoms with Crippen LogP contribution < -0.4 is 11.1 Å². The molecule has 3 atom stereocenters. The number of carbonyl (C=O) groups excluding carboxylic acids is 1. The molecular formula is C51H97N2O6P. The molecule has 0 radical (unpaired) electrons. The Morgan fingerprint density at radius 1 is 0.533 bits per heavy atom. The Kier molecular flexibility index (Phi) is 45.7. The van der Waals surface area contributed by atoms with Crippen molar-refractivity contribution < 1.29 is 28.4 Å². The van der Waals surface area contributed by atoms with E-state index in [1.165, 1.54) is 173 Å². The molecule has 8 nitrogen and oxygen atoms in total. The van der Waals surface area contributed by atoms with Crippen molar-refractivity contribution in [3.63, 3.8) is 0 Å². The summed E-state index contributed by atoms with van der Waals surface area (Å²) in [6.07, 6.45) is 58.9. The number of allylic oxidation sites excluding steroid dienone is 7. The van der Waals surface area contributed by atoms with E-state index >= 15 is 0 Å². The Morgan fingerprint density at radius 3 is 1.28 bits per heavy atom. The average molecular weight is 865 g/mol. The molecule has 0 aliphatic carbocycles. The van der Waals surface area contributed by atoms with Crippen molar-refractivity contribution in [3.8, 4) is 0 Å². The number of rotatable bonds is 47. The molecule has 0 spiro atoms. The van der Waals surface area contributed by atoms with Gasteiger partial charge in [0.2, 0.25) is 5.91 Å². The molecule has 0 saturated carbocycles. The van der Waals surface area contributed by atoms with Crippen molar-refractivity contribution in [1.82, 2.24) is 5.32 Å². The smallest absolute Gasteiger partial charge is 0.387 e. The van der Waals surface area contributed by atoms with Crippen molar-refractivity contribution in [3.05, 3.63) is 48.6 Å². The monoisotopic (exact) mass is 865 g/mol. The molecule has 3 unspecified atom stereocenters. The van der Waals surface area contributed by atoms with Crippen molar-refractivity contribution in [2.75, 3.05) is 19.8 Å². The minimum atomic E-state index is -4.36. The van der Waals surface area contributed by atoms with Gasteiger partial charge in [0, 0.05) is 13.0 Å². The highest BCUT2D eigenvalue weighted by Gasteiger charge is 2.26. The molecule has 0 aliphatic heterocycles. The number of unbranched alkanes of at least 4 members (excludes halogenated alkanes) is 29. The van der Waals surface area contributed by atoms with Crippen molar-refractivity contribution in [2.45, 2.75) is 251 Å². The summed E-state index contributed by atoms with van der Waals surface area (Å²) >= 11 is 0. The molecule has 0 aromatic rings. The molecule has 0 bridgehead atoms. The summed E-state index contributed by atoms with van der Waals surface area (Å²) in [6, 6.07) is -0.884. The number of carbonyl (C=O) groups is 1. The average Bonchev–Trinajstić information content (AvgIpc) is 3.24. The summed E-state index contributed by atoms with van der Waals surface area (Å²) in [4.78, 5) is 22.8. The third kappa shape index (κ3) is 44.5. The number of amides is 1. The van der Waals surface area contributed by atoms with Gasteiger partial charge in [-0.1, -0.05) is 210 Å². The zero-order valence-corrected chi connectivity index (χ0v) is 40.1. The van der Waals surface area contributed by atoms with Gasteiger partial charge >= 0.3 is 7.82 Å². The maximum Gasteiger partial charge on any atom is 0.472 e. The normalized spacial score (nSPS) is 14.3. The lowest BCUT2D eigenvalue weighted by Crippen LogP contribution is -2.45. The third-order valence-corrected chi connectivity index (χ3v) is 12.1. The van der Waals surface area contributed by atoms with Crippen LogP contribution in [0.25, 0.3) is 0 Å². The predicted octanol–water partition coefficient (Wildman–Crippen LogP) is 14.8. The molecule has 0 aromatic carbocycles. The van der Waals surface area contributed by atoms with Crippen LogP contribution in [0.5, 0.6) is 0 Å². The zero-order valence-electron chi connectivity index (χ0n) is 39.2. The van der Waals surface area contributed by atoms with Gasteiger partial charge in [-0.15, -0.1) is 0 Å². The highest BCUT2D eigenvalue weighted by Crippen LogP contribution is 2.43. The molecule has 0 heterocycles. The molecule has 0 saturated heterocycles. The van der Waals surface area contributed by atoms with Crippen LogP contribution in [0.1, 0.15) is 239 Å². The zero-order chi connectivity index (χ0) is 43.9. The van der Waals surface area contributed by atoms with Gasteiger partial charge in [0.1, 0.15) is 0 Å². The minimum absolute atomic E-state index is 0.0711. The van der Waals surface area contributed by atoms with Crippen LogP contribution >= 0.6 is 7.82 Å². The van der Waals surface area contributed by atoms with Crippen LogP contribution in [0.15, 0.2) is 48.6 Å². The summed E-state index contributed by atoms with van der Waals surface area (Å²) in [5, 5.41) is 13.7. The molecule has 60 heavy (non-hydrogen) atoms. The molecule has 1 amide bonds. The number of nitrogens with two attached hydrogens (primary N) is 1. The van der Waals surface area contributed by atoms with Crippen LogP contribution in [-0.2, 0) is 18.4 Å². The summed E-state index contributed by atoms with van der Waals surface area (Å²) in [5.74, 6) is -0.208. The number of phosphoric ester groups is 1. The van der Waals surface area contributed by atoms with E-state index in [2.05, 4.69) is 55.6 Å². The van der Waals surface area contributed by atoms with E-state index in [1.807, 2.05) is 6.08 Å². The highest BCUT2D eigenvalue weighted by atomic mass is 31.2. The van der Waals surface area contributed by atoms with Crippen LogP contribution in [-0.4, -0.2) is 47.8 Å². The molecule has 352 valence electrons. The molecular weight excluding hydrogens is 768 g/mol. The fraction of sp³-hybridized carbons (Fsp3) is 0.824. The van der Waals surface area contributed by atoms with Gasteiger partial charge in [0.05, 0.1) is 25.4 Å². The first kappa shape index (κ1) is 58.5. The van der Waals surface area contributed by atoms with E-state index in [9.17, 15) is 19.4 Å². The second-order valence-electron chi connectivity index (χ2n) is 17.0. The van der Waals surface area contributed by atoms with Crippen LogP contribution in [0.2, 0.25) is 0 Å². The molecule has 0 aromatic heterocycles. The van der Waals surface area contributed by atoms with Gasteiger partial charge in [-0.3, -0.25) is 13.8 Å². The van der Waals surface area contributed by atoms with E-state index in [4.69, 9.17) is 14.8 Å². The Bertz CT molecular complexity index is 1080. The number of phosphoric acid groups is 1. The number of aliphatic hydroxyl groups excluding tert-OH is 1. The summed E-state index contributed by atoms with van der Waals surface area (Å²) in [5.41, 5.74) is 5.39. The molecule has 0 fully saturated rings. The van der Waals surface area contributed by atoms with Crippen molar-refractivity contribution in [1.29, 1.82) is 0 Å². The maximum atomic E-state index is 12.8. The third-order valence-electron chi connectivity index (χ3n) is 11.1. The number of hydrogen-bond donors (Lipinski definition) is 4. The first-order chi connectivity index (χ1) is 29.4. The lowest BCUT2D eigenvalue weighted by Gasteiger charge is -2.23. The van der Waals surface area contributed by atoms with Gasteiger partial charge in [-0.2, -0.15) is 0 Å². The topological polar surface area (TPSA) is 131 Å². The molecule has 5 N–H and O–H groups in total. The van der Waals surface area contributed by atoms with Crippen LogP contribution in [0.4, 0.5) is 0 Å². The number of hydrogen-bond acceptors (Lipinski definition) is 6. The van der Waals surface area contributed by atoms with Gasteiger partial charge < -0.3 is 21.1 Å². The second-order valence-corrected chi connectivity index (χ2v) is 18.5. The van der Waals surface area contributed by atoms with Gasteiger partial charge in [0.25, 0.3) is 0 Å². The maximum absolute atomic E-state index is 12.8. The Morgan fingerprint density at radius 2 is 0.883 bits per heavy atom. The predicted molar refractivity (Wildman–Crippen MR) is 258 cm³/mol. The minimum Gasteiger partial charge on any atom is -0.387 e. The lowest BCUT2D eigenvalue weighted by molar-refractivity contribution is -0.123. The molecule has 0 rings (SSSR count). The first-order valence-corrected chi connectivity index (χ1v) is 26.8. The standard InChI is InChI=1S/C51H97N2O6P/c1-3-5-7-9-11-13-15-17-19-21-23-24-25-26-27-29-31-33-35-37-39-41-43-45-51(55)53-49(48-59-60(56,57)58-47-46-52)50(54)44-42-40-38-36-34-32-30-28-22-20-18-16-14-12-10-8-6-4-2/h21-23,28,34,36,42,44,49-50,54H,3-20,24-27,29-33,35,37-41,43,45-48,52H2,1-2H3,(H,53,55)(H,56,57)/b23-21-,28-22+,36-34+,44-42+. The van der Waals surface area contributed by atoms with Crippen molar-refractivity contribution in [2.24, 2.45) is 5.73 Å². The van der Waals surface area contributed by atoms with E-state index in [-0.39, 0.29) is 25.7 Å². The Balaban J connectivity index is 4.15. The van der Waals surface area contributed by atoms with E-state index < -0.39 is 20.0 Å². The van der Waals surface area contributed by atoms with Gasteiger partial charge in [-0.05, 0) is 70.6 Å². The first-order valence-electron chi connectivity index (χ1n) is 25.3. The fourth-order valence-corrected chi connectivity index (χ4v) is 8.04. The Hall–Kier alpha value is -1.54. The van der Waals surface area contributed by atoms with Crippen LogP contribution in [0.3, 0.4) is 0 Å². The van der Waals surface area contributed by atoms with Gasteiger partial charge in [-0.25, -0.2) is 4.57 Å². The number of nitrogens with one attached hydrogen (secondary N) is 1. The summed E-state index contributed by atoms with van der Waals surface area (Å²) < 4.78 is 22.2. The summed E-state index contributed by atoms with van der Waals surface area (Å²) in [6.45, 7) is 4.12. The lowest BCUT2D eigenvalue weighted by atomic mass is 10.0. The van der Waals surface area contributed by atoms with E-state index in [1.54, 1.807) is 6.08 Å². The van der Waals surface area contributed by atoms with E-state index in [0.717, 1.165) is 44.9 Å². The highest BCUT2D eigenvalue weighted by molar-refractivity contribution is 7.47. The quantitative estimate of drug-likeness (QED) is 0.0272. The second kappa shape index (κ2) is 47.0. The van der Waals surface area contributed by atoms with Gasteiger partial charge in [0.15, 0.2) is 0 Å².